The summed E-state index contributed by atoms with van der Waals surface area (Å²) in [4.78, 5) is 11.0. The summed E-state index contributed by atoms with van der Waals surface area (Å²) < 4.78 is 25.1. The summed E-state index contributed by atoms with van der Waals surface area (Å²) in [6, 6.07) is -0.854. The first kappa shape index (κ1) is 14.3. The van der Waals surface area contributed by atoms with Crippen molar-refractivity contribution in [1.82, 2.24) is 4.72 Å². The van der Waals surface area contributed by atoms with E-state index in [9.17, 15) is 13.2 Å². The Bertz CT molecular complexity index is 300. The maximum atomic E-state index is 11.4. The van der Waals surface area contributed by atoms with E-state index in [1.54, 1.807) is 13.8 Å². The Morgan fingerprint density at radius 2 is 1.93 bits per heavy atom. The van der Waals surface area contributed by atoms with Gasteiger partial charge in [-0.2, -0.15) is 0 Å². The third-order valence-corrected chi connectivity index (χ3v) is 3.34. The van der Waals surface area contributed by atoms with Crippen molar-refractivity contribution in [2.75, 3.05) is 12.3 Å². The standard InChI is InChI=1S/C8H19N3O3S/c1-6(2)7(8(10)12)11-15(13,14)5-3-4-9/h6-7,11H,3-5,9H2,1-2H3,(H2,10,12). The first-order valence-corrected chi connectivity index (χ1v) is 6.44. The van der Waals surface area contributed by atoms with Crippen molar-refractivity contribution in [2.45, 2.75) is 26.3 Å². The Balaban J connectivity index is 4.46. The molecule has 5 N–H and O–H groups in total. The van der Waals surface area contributed by atoms with Crippen LogP contribution in [0.1, 0.15) is 20.3 Å². The molecule has 0 rings (SSSR count). The van der Waals surface area contributed by atoms with Crippen molar-refractivity contribution in [3.05, 3.63) is 0 Å². The summed E-state index contributed by atoms with van der Waals surface area (Å²) in [5.41, 5.74) is 10.3. The van der Waals surface area contributed by atoms with Gasteiger partial charge >= 0.3 is 0 Å². The van der Waals surface area contributed by atoms with E-state index in [0.29, 0.717) is 13.0 Å². The van der Waals surface area contributed by atoms with Gasteiger partial charge in [-0.3, -0.25) is 4.79 Å². The number of rotatable bonds is 7. The maximum absolute atomic E-state index is 11.4. The van der Waals surface area contributed by atoms with Crippen molar-refractivity contribution in [1.29, 1.82) is 0 Å². The van der Waals surface area contributed by atoms with E-state index in [1.165, 1.54) is 0 Å². The number of carbonyl (C=O) groups excluding carboxylic acids is 1. The molecule has 0 aliphatic carbocycles. The second-order valence-corrected chi connectivity index (χ2v) is 5.58. The van der Waals surface area contributed by atoms with Crippen LogP contribution >= 0.6 is 0 Å². The number of sulfonamides is 1. The van der Waals surface area contributed by atoms with Crippen LogP contribution in [0.3, 0.4) is 0 Å². The molecule has 15 heavy (non-hydrogen) atoms. The minimum absolute atomic E-state index is 0.0833. The highest BCUT2D eigenvalue weighted by molar-refractivity contribution is 7.89. The molecule has 0 bridgehead atoms. The van der Waals surface area contributed by atoms with Crippen LogP contribution in [0.5, 0.6) is 0 Å². The zero-order valence-corrected chi connectivity index (χ0v) is 9.88. The molecule has 7 heteroatoms. The lowest BCUT2D eigenvalue weighted by Gasteiger charge is -2.18. The van der Waals surface area contributed by atoms with E-state index in [1.807, 2.05) is 0 Å². The molecule has 6 nitrogen and oxygen atoms in total. The zero-order chi connectivity index (χ0) is 12.1. The molecule has 1 unspecified atom stereocenters. The van der Waals surface area contributed by atoms with Crippen LogP contribution < -0.4 is 16.2 Å². The van der Waals surface area contributed by atoms with Gasteiger partial charge in [0.1, 0.15) is 6.04 Å². The third-order valence-electron chi connectivity index (χ3n) is 1.90. The average Bonchev–Trinajstić information content (AvgIpc) is 2.10. The largest absolute Gasteiger partial charge is 0.368 e. The summed E-state index contributed by atoms with van der Waals surface area (Å²) in [5, 5.41) is 0. The molecular formula is C8H19N3O3S. The van der Waals surface area contributed by atoms with E-state index in [0.717, 1.165) is 0 Å². The number of nitrogens with two attached hydrogens (primary N) is 2. The number of nitrogens with one attached hydrogen (secondary N) is 1. The highest BCUT2D eigenvalue weighted by atomic mass is 32.2. The number of primary amides is 1. The highest BCUT2D eigenvalue weighted by Gasteiger charge is 2.24. The van der Waals surface area contributed by atoms with Gasteiger partial charge < -0.3 is 11.5 Å². The molecule has 0 spiro atoms. The normalized spacial score (nSPS) is 14.1. The van der Waals surface area contributed by atoms with Gasteiger partial charge in [0.05, 0.1) is 5.75 Å². The monoisotopic (exact) mass is 237 g/mol. The Hall–Kier alpha value is -0.660. The molecule has 0 aromatic heterocycles. The van der Waals surface area contributed by atoms with Gasteiger partial charge in [-0.15, -0.1) is 0 Å². The van der Waals surface area contributed by atoms with Gasteiger partial charge in [0.25, 0.3) is 0 Å². The van der Waals surface area contributed by atoms with E-state index in [4.69, 9.17) is 11.5 Å². The topological polar surface area (TPSA) is 115 Å². The maximum Gasteiger partial charge on any atom is 0.235 e. The Morgan fingerprint density at radius 1 is 1.40 bits per heavy atom. The van der Waals surface area contributed by atoms with Crippen molar-refractivity contribution < 1.29 is 13.2 Å². The van der Waals surface area contributed by atoms with Gasteiger partial charge in [-0.05, 0) is 18.9 Å². The van der Waals surface area contributed by atoms with Crippen LogP contribution in [-0.2, 0) is 14.8 Å². The summed E-state index contributed by atoms with van der Waals surface area (Å²) in [5.74, 6) is -0.920. The number of hydrogen-bond acceptors (Lipinski definition) is 4. The van der Waals surface area contributed by atoms with Crippen LogP contribution in [0.4, 0.5) is 0 Å². The van der Waals surface area contributed by atoms with Crippen LogP contribution in [0.25, 0.3) is 0 Å². The predicted molar refractivity (Wildman–Crippen MR) is 58.4 cm³/mol. The van der Waals surface area contributed by atoms with Gasteiger partial charge in [0.2, 0.25) is 15.9 Å². The van der Waals surface area contributed by atoms with Crippen LogP contribution in [0.2, 0.25) is 0 Å². The van der Waals surface area contributed by atoms with E-state index in [2.05, 4.69) is 4.72 Å². The Morgan fingerprint density at radius 3 is 2.27 bits per heavy atom. The van der Waals surface area contributed by atoms with E-state index in [-0.39, 0.29) is 11.7 Å². The minimum atomic E-state index is -3.46. The molecule has 0 aliphatic heterocycles. The molecule has 0 radical (unpaired) electrons. The van der Waals surface area contributed by atoms with Crippen LogP contribution in [0.15, 0.2) is 0 Å². The quantitative estimate of drug-likeness (QED) is 0.514. The van der Waals surface area contributed by atoms with Gasteiger partial charge in [-0.25, -0.2) is 13.1 Å². The van der Waals surface area contributed by atoms with Gasteiger partial charge in [0, 0.05) is 0 Å². The van der Waals surface area contributed by atoms with Crippen molar-refractivity contribution in [3.8, 4) is 0 Å². The molecule has 90 valence electrons. The van der Waals surface area contributed by atoms with Crippen molar-refractivity contribution in [2.24, 2.45) is 17.4 Å². The Kier molecular flexibility index (Phi) is 5.77. The smallest absolute Gasteiger partial charge is 0.235 e. The van der Waals surface area contributed by atoms with Gasteiger partial charge in [0.15, 0.2) is 0 Å². The molecule has 0 aliphatic rings. The molecule has 1 amide bonds. The SMILES string of the molecule is CC(C)C(NS(=O)(=O)CCCN)C(N)=O. The second-order valence-electron chi connectivity index (χ2n) is 3.70. The van der Waals surface area contributed by atoms with Crippen molar-refractivity contribution >= 4 is 15.9 Å². The molecule has 1 atom stereocenters. The molecule has 0 aromatic rings. The molecule has 0 fully saturated rings. The fourth-order valence-corrected chi connectivity index (χ4v) is 2.49. The van der Waals surface area contributed by atoms with E-state index < -0.39 is 22.0 Å². The first-order valence-electron chi connectivity index (χ1n) is 4.79. The summed E-state index contributed by atoms with van der Waals surface area (Å²) in [6.45, 7) is 3.74. The summed E-state index contributed by atoms with van der Waals surface area (Å²) in [7, 11) is -3.46. The average molecular weight is 237 g/mol. The lowest BCUT2D eigenvalue weighted by atomic mass is 10.1. The van der Waals surface area contributed by atoms with E-state index >= 15 is 0 Å². The summed E-state index contributed by atoms with van der Waals surface area (Å²) in [6.07, 6.45) is 0.360. The number of hydrogen-bond donors (Lipinski definition) is 3. The molecular weight excluding hydrogens is 218 g/mol. The van der Waals surface area contributed by atoms with Gasteiger partial charge in [-0.1, -0.05) is 13.8 Å². The third kappa shape index (κ3) is 5.71. The van der Waals surface area contributed by atoms with Crippen LogP contribution in [-0.4, -0.2) is 32.7 Å². The summed E-state index contributed by atoms with van der Waals surface area (Å²) >= 11 is 0. The highest BCUT2D eigenvalue weighted by Crippen LogP contribution is 2.03. The molecule has 0 saturated carbocycles. The molecule has 0 heterocycles. The predicted octanol–water partition coefficient (Wildman–Crippen LogP) is -1.24. The number of amides is 1. The lowest BCUT2D eigenvalue weighted by molar-refractivity contribution is -0.120. The fourth-order valence-electron chi connectivity index (χ4n) is 1.05. The minimum Gasteiger partial charge on any atom is -0.368 e. The fraction of sp³-hybridized carbons (Fsp3) is 0.875. The van der Waals surface area contributed by atoms with Crippen molar-refractivity contribution in [3.63, 3.8) is 0 Å². The number of carbonyl (C=O) groups is 1. The Labute approximate surface area is 90.4 Å². The lowest BCUT2D eigenvalue weighted by Crippen LogP contribution is -2.48. The zero-order valence-electron chi connectivity index (χ0n) is 9.06. The molecule has 0 saturated heterocycles. The second kappa shape index (κ2) is 6.04. The molecule has 0 aromatic carbocycles. The van der Waals surface area contributed by atoms with Crippen LogP contribution in [0, 0.1) is 5.92 Å². The first-order chi connectivity index (χ1) is 6.80.